The van der Waals surface area contributed by atoms with Crippen LogP contribution in [0.4, 0.5) is 5.69 Å². The number of carbonyl (C=O) groups is 1. The summed E-state index contributed by atoms with van der Waals surface area (Å²) in [5.41, 5.74) is 1.36. The van der Waals surface area contributed by atoms with Gasteiger partial charge in [0, 0.05) is 5.56 Å². The first-order chi connectivity index (χ1) is 9.83. The maximum atomic E-state index is 11.7. The normalized spacial score (nSPS) is 10.2. The highest BCUT2D eigenvalue weighted by atomic mass is 16.2. The fourth-order valence-electron chi connectivity index (χ4n) is 1.57. The van der Waals surface area contributed by atoms with Crippen molar-refractivity contribution >= 4 is 11.6 Å². The first-order valence-electron chi connectivity index (χ1n) is 5.75. The first kappa shape index (κ1) is 11.9. The van der Waals surface area contributed by atoms with Crippen LogP contribution in [0.15, 0.2) is 42.7 Å². The largest absolute Gasteiger partial charge is 0.316 e. The first-order valence-corrected chi connectivity index (χ1v) is 5.75. The van der Waals surface area contributed by atoms with Crippen molar-refractivity contribution in [2.75, 3.05) is 5.32 Å². The summed E-state index contributed by atoms with van der Waals surface area (Å²) in [6.45, 7) is 0. The zero-order chi connectivity index (χ0) is 13.8. The van der Waals surface area contributed by atoms with Gasteiger partial charge in [0.15, 0.2) is 5.82 Å². The molecule has 1 amide bonds. The lowest BCUT2D eigenvalue weighted by molar-refractivity contribution is 0.101. The van der Waals surface area contributed by atoms with Gasteiger partial charge in [0.2, 0.25) is 0 Å². The third-order valence-electron chi connectivity index (χ3n) is 2.49. The van der Waals surface area contributed by atoms with Crippen molar-refractivity contribution in [3.05, 3.63) is 48.5 Å². The molecular weight excluding hydrogens is 258 g/mol. The fraction of sp³-hybridized carbons (Fsp3) is 0. The smallest absolute Gasteiger partial charge is 0.297 e. The molecule has 0 radical (unpaired) electrons. The van der Waals surface area contributed by atoms with Crippen LogP contribution >= 0.6 is 0 Å². The molecule has 0 spiro atoms. The van der Waals surface area contributed by atoms with Crippen molar-refractivity contribution in [1.29, 1.82) is 0 Å². The Kier molecular flexibility index (Phi) is 3.11. The highest BCUT2D eigenvalue weighted by Crippen LogP contribution is 2.14. The second kappa shape index (κ2) is 5.22. The van der Waals surface area contributed by atoms with E-state index in [9.17, 15) is 4.79 Å². The topological polar surface area (TPSA) is 109 Å². The van der Waals surface area contributed by atoms with Gasteiger partial charge in [-0.25, -0.2) is 9.97 Å². The van der Waals surface area contributed by atoms with Gasteiger partial charge < -0.3 is 5.32 Å². The Morgan fingerprint density at radius 3 is 2.50 bits per heavy atom. The molecule has 98 valence electrons. The zero-order valence-electron chi connectivity index (χ0n) is 10.2. The van der Waals surface area contributed by atoms with Crippen molar-refractivity contribution in [3.63, 3.8) is 0 Å². The van der Waals surface area contributed by atoms with E-state index in [0.717, 1.165) is 5.56 Å². The molecule has 0 unspecified atom stereocenters. The summed E-state index contributed by atoms with van der Waals surface area (Å²) in [5.74, 6) is 0.0649. The van der Waals surface area contributed by atoms with E-state index in [2.05, 4.69) is 35.9 Å². The van der Waals surface area contributed by atoms with E-state index in [-0.39, 0.29) is 5.82 Å². The van der Waals surface area contributed by atoms with Gasteiger partial charge in [0.25, 0.3) is 11.7 Å². The van der Waals surface area contributed by atoms with Gasteiger partial charge in [-0.3, -0.25) is 4.79 Å². The number of amides is 1. The van der Waals surface area contributed by atoms with Gasteiger partial charge in [-0.2, -0.15) is 5.21 Å². The second-order valence-corrected chi connectivity index (χ2v) is 3.85. The number of aromatic amines is 1. The molecule has 3 aromatic rings. The summed E-state index contributed by atoms with van der Waals surface area (Å²) in [4.78, 5) is 20.1. The minimum absolute atomic E-state index is 0.0443. The monoisotopic (exact) mass is 267 g/mol. The average Bonchev–Trinajstić information content (AvgIpc) is 3.03. The molecule has 0 atom stereocenters. The number of anilines is 1. The van der Waals surface area contributed by atoms with Gasteiger partial charge >= 0.3 is 0 Å². The maximum absolute atomic E-state index is 11.7. The van der Waals surface area contributed by atoms with Crippen LogP contribution in [0.2, 0.25) is 0 Å². The summed E-state index contributed by atoms with van der Waals surface area (Å²) in [6.07, 6.45) is 3.04. The molecule has 0 saturated heterocycles. The Hall–Kier alpha value is -3.16. The Labute approximate surface area is 113 Å². The van der Waals surface area contributed by atoms with E-state index >= 15 is 0 Å². The number of aromatic nitrogens is 6. The molecule has 3 rings (SSSR count). The highest BCUT2D eigenvalue weighted by molar-refractivity contribution is 6.01. The molecule has 0 aliphatic rings. The Morgan fingerprint density at radius 1 is 1.10 bits per heavy atom. The van der Waals surface area contributed by atoms with Crippen molar-refractivity contribution in [3.8, 4) is 11.4 Å². The van der Waals surface area contributed by atoms with Crippen LogP contribution in [0, 0.1) is 0 Å². The SMILES string of the molecule is O=C(Nc1cnc(-c2ccccc2)nc1)c1nn[nH]n1. The number of benzene rings is 1. The molecule has 20 heavy (non-hydrogen) atoms. The van der Waals surface area contributed by atoms with Crippen molar-refractivity contribution in [2.24, 2.45) is 0 Å². The van der Waals surface area contributed by atoms with Crippen LogP contribution in [0.1, 0.15) is 10.6 Å². The van der Waals surface area contributed by atoms with E-state index in [1.807, 2.05) is 30.3 Å². The van der Waals surface area contributed by atoms with Gasteiger partial charge in [-0.05, 0) is 5.21 Å². The van der Waals surface area contributed by atoms with Gasteiger partial charge in [0.05, 0.1) is 18.1 Å². The highest BCUT2D eigenvalue weighted by Gasteiger charge is 2.11. The van der Waals surface area contributed by atoms with Gasteiger partial charge in [0.1, 0.15) is 0 Å². The number of carbonyl (C=O) groups excluding carboxylic acids is 1. The Bertz CT molecular complexity index is 694. The molecule has 2 heterocycles. The molecule has 0 fully saturated rings. The number of hydrogen-bond acceptors (Lipinski definition) is 6. The molecule has 0 aliphatic carbocycles. The molecule has 2 N–H and O–H groups in total. The standard InChI is InChI=1S/C12H9N7O/c20-12(11-16-18-19-17-11)15-9-6-13-10(14-7-9)8-4-2-1-3-5-8/h1-7H,(H,15,20)(H,16,17,18,19). The number of H-pyrrole nitrogens is 1. The Balaban J connectivity index is 1.75. The summed E-state index contributed by atoms with van der Waals surface area (Å²) >= 11 is 0. The lowest BCUT2D eigenvalue weighted by Gasteiger charge is -2.03. The summed E-state index contributed by atoms with van der Waals surface area (Å²) in [7, 11) is 0. The zero-order valence-corrected chi connectivity index (χ0v) is 10.2. The molecule has 0 saturated carbocycles. The van der Waals surface area contributed by atoms with E-state index < -0.39 is 5.91 Å². The van der Waals surface area contributed by atoms with Crippen LogP contribution in [-0.4, -0.2) is 36.5 Å². The second-order valence-electron chi connectivity index (χ2n) is 3.85. The number of tetrazole rings is 1. The van der Waals surface area contributed by atoms with E-state index in [4.69, 9.17) is 0 Å². The predicted octanol–water partition coefficient (Wildman–Crippen LogP) is 0.909. The Morgan fingerprint density at radius 2 is 1.85 bits per heavy atom. The molecule has 2 aromatic heterocycles. The summed E-state index contributed by atoms with van der Waals surface area (Å²) < 4.78 is 0. The molecule has 8 heteroatoms. The molecule has 0 bridgehead atoms. The predicted molar refractivity (Wildman–Crippen MR) is 69.6 cm³/mol. The summed E-state index contributed by atoms with van der Waals surface area (Å²) in [6, 6.07) is 9.55. The third kappa shape index (κ3) is 2.48. The molecule has 1 aromatic carbocycles. The minimum Gasteiger partial charge on any atom is -0.316 e. The summed E-state index contributed by atoms with van der Waals surface area (Å²) in [5, 5.41) is 15.2. The number of nitrogens with one attached hydrogen (secondary N) is 2. The number of hydrogen-bond donors (Lipinski definition) is 2. The van der Waals surface area contributed by atoms with E-state index in [0.29, 0.717) is 11.5 Å². The molecular formula is C12H9N7O. The average molecular weight is 267 g/mol. The quantitative estimate of drug-likeness (QED) is 0.730. The maximum Gasteiger partial charge on any atom is 0.297 e. The van der Waals surface area contributed by atoms with Crippen LogP contribution in [-0.2, 0) is 0 Å². The molecule has 0 aliphatic heterocycles. The number of nitrogens with zero attached hydrogens (tertiary/aromatic N) is 5. The molecule has 8 nitrogen and oxygen atoms in total. The van der Waals surface area contributed by atoms with Crippen molar-refractivity contribution in [1.82, 2.24) is 30.6 Å². The van der Waals surface area contributed by atoms with Crippen LogP contribution in [0.25, 0.3) is 11.4 Å². The van der Waals surface area contributed by atoms with E-state index in [1.165, 1.54) is 12.4 Å². The lowest BCUT2D eigenvalue weighted by atomic mass is 10.2. The van der Waals surface area contributed by atoms with Gasteiger partial charge in [-0.1, -0.05) is 30.3 Å². The van der Waals surface area contributed by atoms with Crippen LogP contribution in [0.5, 0.6) is 0 Å². The minimum atomic E-state index is -0.477. The van der Waals surface area contributed by atoms with E-state index in [1.54, 1.807) is 0 Å². The number of rotatable bonds is 3. The van der Waals surface area contributed by atoms with Gasteiger partial charge in [-0.15, -0.1) is 10.2 Å². The van der Waals surface area contributed by atoms with Crippen molar-refractivity contribution < 1.29 is 4.79 Å². The fourth-order valence-corrected chi connectivity index (χ4v) is 1.57. The lowest BCUT2D eigenvalue weighted by Crippen LogP contribution is -2.14. The van der Waals surface area contributed by atoms with Crippen LogP contribution in [0.3, 0.4) is 0 Å². The van der Waals surface area contributed by atoms with Crippen molar-refractivity contribution in [2.45, 2.75) is 0 Å². The third-order valence-corrected chi connectivity index (χ3v) is 2.49. The van der Waals surface area contributed by atoms with Crippen LogP contribution < -0.4 is 5.32 Å².